The highest BCUT2D eigenvalue weighted by Crippen LogP contribution is 2.40. The summed E-state index contributed by atoms with van der Waals surface area (Å²) in [5.74, 6) is -0.298. The highest BCUT2D eigenvalue weighted by atomic mass is 79.9. The molecule has 0 bridgehead atoms. The predicted octanol–water partition coefficient (Wildman–Crippen LogP) is 4.97. The Morgan fingerprint density at radius 2 is 2.06 bits per heavy atom. The number of aldehydes is 1. The fourth-order valence-electron chi connectivity index (χ4n) is 1.34. The van der Waals surface area contributed by atoms with Gasteiger partial charge in [0.15, 0.2) is 17.9 Å². The Labute approximate surface area is 114 Å². The molecular weight excluding hydrogens is 334 g/mol. The van der Waals surface area contributed by atoms with Gasteiger partial charge in [-0.1, -0.05) is 23.2 Å². The maximum absolute atomic E-state index is 13.5. The Hall–Kier alpha value is -0.840. The summed E-state index contributed by atoms with van der Waals surface area (Å²) in [6.07, 6.45) is 0.553. The molecule has 0 amide bonds. The highest BCUT2D eigenvalue weighted by Gasteiger charge is 2.18. The van der Waals surface area contributed by atoms with Crippen LogP contribution in [0.2, 0.25) is 10.0 Å². The summed E-state index contributed by atoms with van der Waals surface area (Å²) >= 11 is 14.7. The fraction of sp³-hybridized carbons (Fsp3) is 0. The van der Waals surface area contributed by atoms with Gasteiger partial charge in [-0.05, 0) is 34.1 Å². The van der Waals surface area contributed by atoms with E-state index in [-0.39, 0.29) is 15.8 Å². The molecule has 1 aromatic heterocycles. The lowest BCUT2D eigenvalue weighted by atomic mass is 10.1. The van der Waals surface area contributed by atoms with Crippen molar-refractivity contribution in [3.8, 4) is 11.3 Å². The standard InChI is InChI=1S/C11H4BrCl2FO2/c12-6-3-7(13)11(15)10(14)9(6)8-2-1-5(4-16)17-8/h1-4H. The molecule has 0 saturated heterocycles. The molecule has 2 rings (SSSR count). The van der Waals surface area contributed by atoms with E-state index in [0.29, 0.717) is 22.1 Å². The number of carbonyl (C=O) groups excluding carboxylic acids is 1. The maximum Gasteiger partial charge on any atom is 0.185 e. The average Bonchev–Trinajstić information content (AvgIpc) is 2.74. The highest BCUT2D eigenvalue weighted by molar-refractivity contribution is 9.10. The summed E-state index contributed by atoms with van der Waals surface area (Å²) in [7, 11) is 0. The number of rotatable bonds is 2. The van der Waals surface area contributed by atoms with Crippen LogP contribution in [0.1, 0.15) is 10.6 Å². The molecule has 0 radical (unpaired) electrons. The van der Waals surface area contributed by atoms with Gasteiger partial charge in [0.1, 0.15) is 5.76 Å². The summed E-state index contributed by atoms with van der Waals surface area (Å²) in [4.78, 5) is 10.5. The van der Waals surface area contributed by atoms with E-state index in [4.69, 9.17) is 27.6 Å². The Morgan fingerprint density at radius 3 is 2.65 bits per heavy atom. The SMILES string of the molecule is O=Cc1ccc(-c2c(Br)cc(Cl)c(F)c2Cl)o1. The first kappa shape index (κ1) is 12.6. The molecular formula is C11H4BrCl2FO2. The number of hydrogen-bond donors (Lipinski definition) is 0. The molecule has 1 aromatic carbocycles. The minimum Gasteiger partial charge on any atom is -0.453 e. The van der Waals surface area contributed by atoms with Gasteiger partial charge in [0, 0.05) is 4.47 Å². The van der Waals surface area contributed by atoms with E-state index in [2.05, 4.69) is 15.9 Å². The van der Waals surface area contributed by atoms with Crippen LogP contribution in [0.25, 0.3) is 11.3 Å². The van der Waals surface area contributed by atoms with E-state index < -0.39 is 5.82 Å². The Morgan fingerprint density at radius 1 is 1.35 bits per heavy atom. The molecule has 0 N–H and O–H groups in total. The van der Waals surface area contributed by atoms with Gasteiger partial charge in [0.05, 0.1) is 15.6 Å². The Kier molecular flexibility index (Phi) is 3.56. The number of halogens is 4. The van der Waals surface area contributed by atoms with Crippen molar-refractivity contribution in [1.29, 1.82) is 0 Å². The molecule has 1 heterocycles. The van der Waals surface area contributed by atoms with Gasteiger partial charge < -0.3 is 4.42 Å². The number of furan rings is 1. The van der Waals surface area contributed by atoms with Crippen molar-refractivity contribution in [3.05, 3.63) is 44.3 Å². The lowest BCUT2D eigenvalue weighted by molar-refractivity contribution is 0.110. The van der Waals surface area contributed by atoms with Crippen molar-refractivity contribution in [1.82, 2.24) is 0 Å². The number of carbonyl (C=O) groups is 1. The van der Waals surface area contributed by atoms with Crippen LogP contribution < -0.4 is 0 Å². The van der Waals surface area contributed by atoms with Crippen LogP contribution in [0.4, 0.5) is 4.39 Å². The lowest BCUT2D eigenvalue weighted by Gasteiger charge is -2.06. The number of benzene rings is 1. The normalized spacial score (nSPS) is 10.6. The van der Waals surface area contributed by atoms with E-state index >= 15 is 0 Å². The summed E-state index contributed by atoms with van der Waals surface area (Å²) < 4.78 is 19.2. The van der Waals surface area contributed by atoms with Crippen molar-refractivity contribution in [2.75, 3.05) is 0 Å². The molecule has 0 aliphatic carbocycles. The van der Waals surface area contributed by atoms with Crippen LogP contribution in [-0.2, 0) is 0 Å². The van der Waals surface area contributed by atoms with Crippen LogP contribution in [0.15, 0.2) is 27.1 Å². The maximum atomic E-state index is 13.5. The van der Waals surface area contributed by atoms with Crippen molar-refractivity contribution in [2.45, 2.75) is 0 Å². The summed E-state index contributed by atoms with van der Waals surface area (Å²) in [6, 6.07) is 4.38. The zero-order chi connectivity index (χ0) is 12.6. The Balaban J connectivity index is 2.66. The smallest absolute Gasteiger partial charge is 0.185 e. The topological polar surface area (TPSA) is 30.2 Å². The molecule has 88 valence electrons. The molecule has 0 atom stereocenters. The molecule has 0 spiro atoms. The van der Waals surface area contributed by atoms with Gasteiger partial charge >= 0.3 is 0 Å². The summed E-state index contributed by atoms with van der Waals surface area (Å²) in [6.45, 7) is 0. The predicted molar refractivity (Wildman–Crippen MR) is 67.2 cm³/mol. The van der Waals surface area contributed by atoms with Crippen LogP contribution >= 0.6 is 39.1 Å². The first-order valence-electron chi connectivity index (χ1n) is 4.43. The fourth-order valence-corrected chi connectivity index (χ4v) is 2.76. The van der Waals surface area contributed by atoms with Crippen molar-refractivity contribution >= 4 is 45.4 Å². The minimum absolute atomic E-state index is 0.0900. The molecule has 2 nitrogen and oxygen atoms in total. The third kappa shape index (κ3) is 2.25. The second-order valence-electron chi connectivity index (χ2n) is 3.16. The summed E-state index contributed by atoms with van der Waals surface area (Å²) in [5.41, 5.74) is 0.321. The first-order chi connectivity index (χ1) is 8.04. The zero-order valence-electron chi connectivity index (χ0n) is 8.14. The third-order valence-corrected chi connectivity index (χ3v) is 3.36. The van der Waals surface area contributed by atoms with Crippen molar-refractivity contribution < 1.29 is 13.6 Å². The van der Waals surface area contributed by atoms with Crippen molar-refractivity contribution in [2.24, 2.45) is 0 Å². The van der Waals surface area contributed by atoms with E-state index in [1.165, 1.54) is 18.2 Å². The van der Waals surface area contributed by atoms with Gasteiger partial charge in [-0.3, -0.25) is 4.79 Å². The molecule has 0 aliphatic rings. The van der Waals surface area contributed by atoms with E-state index in [1.807, 2.05) is 0 Å². The van der Waals surface area contributed by atoms with E-state index in [1.54, 1.807) is 0 Å². The third-order valence-electron chi connectivity index (χ3n) is 2.10. The quantitative estimate of drug-likeness (QED) is 0.440. The van der Waals surface area contributed by atoms with Crippen LogP contribution in [0.3, 0.4) is 0 Å². The number of hydrogen-bond acceptors (Lipinski definition) is 2. The largest absolute Gasteiger partial charge is 0.453 e. The van der Waals surface area contributed by atoms with Crippen LogP contribution in [-0.4, -0.2) is 6.29 Å². The Bertz CT molecular complexity index is 595. The molecule has 2 aromatic rings. The van der Waals surface area contributed by atoms with Gasteiger partial charge in [-0.15, -0.1) is 0 Å². The lowest BCUT2D eigenvalue weighted by Crippen LogP contribution is -1.86. The molecule has 6 heteroatoms. The molecule has 0 aliphatic heterocycles. The van der Waals surface area contributed by atoms with Gasteiger partial charge in [0.2, 0.25) is 0 Å². The van der Waals surface area contributed by atoms with E-state index in [0.717, 1.165) is 0 Å². The van der Waals surface area contributed by atoms with Gasteiger partial charge in [-0.2, -0.15) is 0 Å². The molecule has 0 fully saturated rings. The first-order valence-corrected chi connectivity index (χ1v) is 5.98. The second kappa shape index (κ2) is 4.80. The monoisotopic (exact) mass is 336 g/mol. The summed E-state index contributed by atoms with van der Waals surface area (Å²) in [5, 5.41) is -0.246. The van der Waals surface area contributed by atoms with Gasteiger partial charge in [-0.25, -0.2) is 4.39 Å². The second-order valence-corrected chi connectivity index (χ2v) is 4.80. The van der Waals surface area contributed by atoms with E-state index in [9.17, 15) is 9.18 Å². The molecule has 0 saturated carbocycles. The zero-order valence-corrected chi connectivity index (χ0v) is 11.2. The van der Waals surface area contributed by atoms with Crippen molar-refractivity contribution in [3.63, 3.8) is 0 Å². The molecule has 0 unspecified atom stereocenters. The van der Waals surface area contributed by atoms with Crippen LogP contribution in [0, 0.1) is 5.82 Å². The minimum atomic E-state index is -0.726. The molecule has 17 heavy (non-hydrogen) atoms. The van der Waals surface area contributed by atoms with Gasteiger partial charge in [0.25, 0.3) is 0 Å². The average molecular weight is 338 g/mol. The van der Waals surface area contributed by atoms with Crippen LogP contribution in [0.5, 0.6) is 0 Å².